The first kappa shape index (κ1) is 13.0. The summed E-state index contributed by atoms with van der Waals surface area (Å²) in [5.74, 6) is 0.0432. The summed E-state index contributed by atoms with van der Waals surface area (Å²) in [5.41, 5.74) is 0.529. The van der Waals surface area contributed by atoms with E-state index in [0.29, 0.717) is 11.7 Å². The maximum absolute atomic E-state index is 12.3. The highest BCUT2D eigenvalue weighted by Crippen LogP contribution is 2.26. The molecule has 0 radical (unpaired) electrons. The lowest BCUT2D eigenvalue weighted by Crippen LogP contribution is -2.45. The third-order valence-electron chi connectivity index (χ3n) is 3.05. The number of alkyl halides is 1. The maximum atomic E-state index is 12.3. The van der Waals surface area contributed by atoms with Gasteiger partial charge in [-0.15, -0.1) is 0 Å². The van der Waals surface area contributed by atoms with Gasteiger partial charge in [-0.2, -0.15) is 0 Å². The Kier molecular flexibility index (Phi) is 4.56. The Bertz CT molecular complexity index is 390. The van der Waals surface area contributed by atoms with Gasteiger partial charge >= 0.3 is 0 Å². The van der Waals surface area contributed by atoms with Gasteiger partial charge in [0.15, 0.2) is 0 Å². The van der Waals surface area contributed by atoms with Crippen molar-refractivity contribution in [1.29, 1.82) is 0 Å². The molecule has 1 aromatic heterocycles. The van der Waals surface area contributed by atoms with Crippen LogP contribution in [-0.4, -0.2) is 33.7 Å². The molecule has 0 spiro atoms. The summed E-state index contributed by atoms with van der Waals surface area (Å²) in [5, 5.41) is 0.811. The average molecular weight is 362 g/mol. The van der Waals surface area contributed by atoms with Crippen LogP contribution in [0.1, 0.15) is 29.8 Å². The Morgan fingerprint density at radius 3 is 2.71 bits per heavy atom. The number of rotatable bonds is 4. The van der Waals surface area contributed by atoms with Crippen LogP contribution in [0.25, 0.3) is 0 Å². The van der Waals surface area contributed by atoms with Crippen LogP contribution in [0.2, 0.25) is 0 Å². The van der Waals surface area contributed by atoms with E-state index in [4.69, 9.17) is 0 Å². The van der Waals surface area contributed by atoms with Gasteiger partial charge in [-0.05, 0) is 47.3 Å². The van der Waals surface area contributed by atoms with Crippen molar-refractivity contribution >= 4 is 37.8 Å². The zero-order valence-corrected chi connectivity index (χ0v) is 12.6. The smallest absolute Gasteiger partial charge is 0.272 e. The predicted molar refractivity (Wildman–Crippen MR) is 74.4 cm³/mol. The summed E-state index contributed by atoms with van der Waals surface area (Å²) in [6.07, 6.45) is 5.13. The van der Waals surface area contributed by atoms with Crippen molar-refractivity contribution in [2.45, 2.75) is 25.3 Å². The van der Waals surface area contributed by atoms with E-state index in [-0.39, 0.29) is 5.91 Å². The number of pyridine rings is 1. The molecule has 3 nitrogen and oxygen atoms in total. The monoisotopic (exact) mass is 360 g/mol. The van der Waals surface area contributed by atoms with Gasteiger partial charge in [-0.1, -0.05) is 15.9 Å². The molecule has 1 fully saturated rings. The molecule has 1 amide bonds. The first-order chi connectivity index (χ1) is 8.22. The highest BCUT2D eigenvalue weighted by molar-refractivity contribution is 9.10. The second-order valence-electron chi connectivity index (χ2n) is 4.13. The summed E-state index contributed by atoms with van der Waals surface area (Å²) in [6, 6.07) is 4.03. The van der Waals surface area contributed by atoms with Crippen LogP contribution in [0.4, 0.5) is 0 Å². The zero-order valence-electron chi connectivity index (χ0n) is 9.40. The first-order valence-electron chi connectivity index (χ1n) is 5.71. The first-order valence-corrected chi connectivity index (χ1v) is 7.62. The number of carbonyl (C=O) groups excluding carboxylic acids is 1. The van der Waals surface area contributed by atoms with E-state index < -0.39 is 0 Å². The Balaban J connectivity index is 2.12. The summed E-state index contributed by atoms with van der Waals surface area (Å²) in [7, 11) is 0. The van der Waals surface area contributed by atoms with Gasteiger partial charge in [-0.3, -0.25) is 4.79 Å². The average Bonchev–Trinajstić information content (AvgIpc) is 2.26. The number of amides is 1. The normalized spacial score (nSPS) is 15.4. The van der Waals surface area contributed by atoms with E-state index in [1.165, 1.54) is 6.42 Å². The molecule has 0 atom stereocenters. The Morgan fingerprint density at radius 1 is 1.47 bits per heavy atom. The second-order valence-corrected chi connectivity index (χ2v) is 5.84. The fraction of sp³-hybridized carbons (Fsp3) is 0.500. The minimum atomic E-state index is 0.0432. The molecule has 0 saturated heterocycles. The van der Waals surface area contributed by atoms with Crippen LogP contribution in [0.15, 0.2) is 22.8 Å². The van der Waals surface area contributed by atoms with Gasteiger partial charge in [0.25, 0.3) is 5.91 Å². The number of hydrogen-bond acceptors (Lipinski definition) is 2. The van der Waals surface area contributed by atoms with Crippen molar-refractivity contribution in [1.82, 2.24) is 9.88 Å². The zero-order chi connectivity index (χ0) is 12.3. The van der Waals surface area contributed by atoms with E-state index in [2.05, 4.69) is 36.8 Å². The molecular weight excluding hydrogens is 348 g/mol. The van der Waals surface area contributed by atoms with Crippen LogP contribution in [0.5, 0.6) is 0 Å². The molecule has 0 unspecified atom stereocenters. The molecule has 92 valence electrons. The second kappa shape index (κ2) is 5.96. The van der Waals surface area contributed by atoms with E-state index in [1.807, 2.05) is 11.0 Å². The number of carbonyl (C=O) groups is 1. The van der Waals surface area contributed by atoms with E-state index in [0.717, 1.165) is 29.2 Å². The molecule has 1 aliphatic rings. The van der Waals surface area contributed by atoms with Crippen LogP contribution in [0, 0.1) is 0 Å². The van der Waals surface area contributed by atoms with Crippen molar-refractivity contribution in [3.8, 4) is 0 Å². The molecule has 2 rings (SSSR count). The summed E-state index contributed by atoms with van der Waals surface area (Å²) in [6.45, 7) is 0.751. The van der Waals surface area contributed by atoms with Gasteiger partial charge in [0, 0.05) is 28.6 Å². The Morgan fingerprint density at radius 2 is 2.24 bits per heavy atom. The predicted octanol–water partition coefficient (Wildman–Crippen LogP) is 3.23. The fourth-order valence-corrected chi connectivity index (χ4v) is 2.51. The van der Waals surface area contributed by atoms with Gasteiger partial charge in [0.05, 0.1) is 0 Å². The topological polar surface area (TPSA) is 33.2 Å². The molecule has 1 aliphatic carbocycles. The highest BCUT2D eigenvalue weighted by atomic mass is 79.9. The fourth-order valence-electron chi connectivity index (χ4n) is 1.89. The standard InChI is InChI=1S/C12H14Br2N2O/c13-6-7-16(10-2-1-3-10)12(17)11-5-4-9(14)8-15-11/h4-5,8,10H,1-3,6-7H2. The Hall–Kier alpha value is -0.420. The van der Waals surface area contributed by atoms with Gasteiger partial charge in [0.1, 0.15) is 5.69 Å². The molecule has 0 aromatic carbocycles. The van der Waals surface area contributed by atoms with Crippen LogP contribution in [0.3, 0.4) is 0 Å². The largest absolute Gasteiger partial charge is 0.333 e. The minimum Gasteiger partial charge on any atom is -0.333 e. The van der Waals surface area contributed by atoms with Crippen LogP contribution < -0.4 is 0 Å². The van der Waals surface area contributed by atoms with E-state index in [9.17, 15) is 4.79 Å². The molecular formula is C12H14Br2N2O. The van der Waals surface area contributed by atoms with Crippen molar-refractivity contribution < 1.29 is 4.79 Å². The lowest BCUT2D eigenvalue weighted by atomic mass is 9.91. The molecule has 0 N–H and O–H groups in total. The summed E-state index contributed by atoms with van der Waals surface area (Å²) >= 11 is 6.72. The molecule has 0 aliphatic heterocycles. The number of aromatic nitrogens is 1. The quantitative estimate of drug-likeness (QED) is 0.771. The molecule has 17 heavy (non-hydrogen) atoms. The van der Waals surface area contributed by atoms with Crippen molar-refractivity contribution in [3.05, 3.63) is 28.5 Å². The lowest BCUT2D eigenvalue weighted by Gasteiger charge is -2.37. The van der Waals surface area contributed by atoms with Gasteiger partial charge < -0.3 is 4.90 Å². The number of hydrogen-bond donors (Lipinski definition) is 0. The van der Waals surface area contributed by atoms with E-state index in [1.54, 1.807) is 12.3 Å². The summed E-state index contributed by atoms with van der Waals surface area (Å²) < 4.78 is 0.893. The third-order valence-corrected chi connectivity index (χ3v) is 3.87. The van der Waals surface area contributed by atoms with Gasteiger partial charge in [0.2, 0.25) is 0 Å². The number of halogens is 2. The maximum Gasteiger partial charge on any atom is 0.272 e. The Labute approximate surface area is 118 Å². The van der Waals surface area contributed by atoms with Crippen molar-refractivity contribution in [2.75, 3.05) is 11.9 Å². The molecule has 5 heteroatoms. The molecule has 1 aromatic rings. The van der Waals surface area contributed by atoms with Crippen molar-refractivity contribution in [2.24, 2.45) is 0 Å². The molecule has 0 bridgehead atoms. The molecule has 1 heterocycles. The third kappa shape index (κ3) is 3.07. The molecule has 1 saturated carbocycles. The SMILES string of the molecule is O=C(c1ccc(Br)cn1)N(CCBr)C1CCC1. The van der Waals surface area contributed by atoms with Gasteiger partial charge in [-0.25, -0.2) is 4.98 Å². The van der Waals surface area contributed by atoms with Crippen molar-refractivity contribution in [3.63, 3.8) is 0 Å². The number of nitrogens with zero attached hydrogens (tertiary/aromatic N) is 2. The summed E-state index contributed by atoms with van der Waals surface area (Å²) in [4.78, 5) is 18.4. The minimum absolute atomic E-state index is 0.0432. The van der Waals surface area contributed by atoms with E-state index >= 15 is 0 Å². The highest BCUT2D eigenvalue weighted by Gasteiger charge is 2.29. The van der Waals surface area contributed by atoms with Crippen LogP contribution in [-0.2, 0) is 0 Å². The van der Waals surface area contributed by atoms with Crippen LogP contribution >= 0.6 is 31.9 Å². The lowest BCUT2D eigenvalue weighted by molar-refractivity contribution is 0.0593.